The van der Waals surface area contributed by atoms with Gasteiger partial charge in [-0.2, -0.15) is 0 Å². The zero-order valence-electron chi connectivity index (χ0n) is 14.9. The van der Waals surface area contributed by atoms with E-state index in [9.17, 15) is 0 Å². The number of hydrogen-bond donors (Lipinski definition) is 2. The van der Waals surface area contributed by atoms with Crippen molar-refractivity contribution in [1.82, 2.24) is 4.98 Å². The molecule has 0 saturated heterocycles. The Labute approximate surface area is 153 Å². The molecule has 0 saturated carbocycles. The number of thioether (sulfide) groups is 1. The van der Waals surface area contributed by atoms with E-state index in [0.29, 0.717) is 6.54 Å². The molecular weight excluding hydrogens is 326 g/mol. The van der Waals surface area contributed by atoms with Gasteiger partial charge in [0.15, 0.2) is 0 Å². The SMILES string of the molecule is C=C(CNc1ccc(SC)cc1)/N=C(\C)c1cc2c(C)cccc2[nH]1. The van der Waals surface area contributed by atoms with Gasteiger partial charge in [0, 0.05) is 21.5 Å². The maximum absolute atomic E-state index is 4.65. The summed E-state index contributed by atoms with van der Waals surface area (Å²) in [5.74, 6) is 0. The first-order valence-electron chi connectivity index (χ1n) is 8.26. The summed E-state index contributed by atoms with van der Waals surface area (Å²) >= 11 is 1.74. The van der Waals surface area contributed by atoms with Crippen LogP contribution < -0.4 is 5.32 Å². The maximum atomic E-state index is 4.65. The van der Waals surface area contributed by atoms with E-state index in [1.165, 1.54) is 15.8 Å². The first-order valence-corrected chi connectivity index (χ1v) is 9.49. The van der Waals surface area contributed by atoms with Crippen LogP contribution in [0.3, 0.4) is 0 Å². The number of nitrogens with one attached hydrogen (secondary N) is 2. The van der Waals surface area contributed by atoms with Gasteiger partial charge in [0.25, 0.3) is 0 Å². The number of anilines is 1. The Bertz CT molecular complexity index is 920. The number of rotatable bonds is 6. The number of H-pyrrole nitrogens is 1. The van der Waals surface area contributed by atoms with Crippen LogP contribution in [0.4, 0.5) is 5.69 Å². The zero-order valence-corrected chi connectivity index (χ0v) is 15.7. The first kappa shape index (κ1) is 17.4. The second-order valence-corrected chi connectivity index (χ2v) is 6.94. The molecule has 3 nitrogen and oxygen atoms in total. The molecule has 0 radical (unpaired) electrons. The summed E-state index contributed by atoms with van der Waals surface area (Å²) in [5.41, 5.74) is 6.27. The predicted octanol–water partition coefficient (Wildman–Crippen LogP) is 5.63. The molecule has 4 heteroatoms. The van der Waals surface area contributed by atoms with Crippen LogP contribution in [0.25, 0.3) is 10.9 Å². The van der Waals surface area contributed by atoms with Crippen LogP contribution in [-0.4, -0.2) is 23.5 Å². The average molecular weight is 350 g/mol. The molecule has 0 spiro atoms. The number of aryl methyl sites for hydroxylation is 1. The molecule has 128 valence electrons. The van der Waals surface area contributed by atoms with E-state index < -0.39 is 0 Å². The monoisotopic (exact) mass is 349 g/mol. The number of aliphatic imine (C=N–C) groups is 1. The summed E-state index contributed by atoms with van der Waals surface area (Å²) in [6, 6.07) is 16.8. The van der Waals surface area contributed by atoms with E-state index in [2.05, 4.69) is 83.6 Å². The summed E-state index contributed by atoms with van der Waals surface area (Å²) < 4.78 is 0. The van der Waals surface area contributed by atoms with Crippen LogP contribution in [-0.2, 0) is 0 Å². The minimum absolute atomic E-state index is 0.620. The smallest absolute Gasteiger partial charge is 0.0611 e. The minimum Gasteiger partial charge on any atom is -0.379 e. The second-order valence-electron chi connectivity index (χ2n) is 6.06. The van der Waals surface area contributed by atoms with Gasteiger partial charge in [0.05, 0.1) is 23.6 Å². The molecule has 25 heavy (non-hydrogen) atoms. The van der Waals surface area contributed by atoms with E-state index in [4.69, 9.17) is 0 Å². The third-order valence-corrected chi connectivity index (χ3v) is 4.93. The van der Waals surface area contributed by atoms with Gasteiger partial charge in [-0.15, -0.1) is 11.8 Å². The Kier molecular flexibility index (Phi) is 5.29. The summed E-state index contributed by atoms with van der Waals surface area (Å²) in [6.45, 7) is 8.83. The molecule has 1 heterocycles. The standard InChI is InChI=1S/C21H23N3S/c1-14-6-5-7-20-19(14)12-21(24-20)16(3)23-15(2)13-22-17-8-10-18(25-4)11-9-17/h5-12,22,24H,2,13H2,1,3-4H3/b23-16+. The van der Waals surface area contributed by atoms with Gasteiger partial charge >= 0.3 is 0 Å². The Balaban J connectivity index is 1.67. The van der Waals surface area contributed by atoms with Crippen LogP contribution in [0, 0.1) is 6.92 Å². The lowest BCUT2D eigenvalue weighted by molar-refractivity contribution is 1.17. The van der Waals surface area contributed by atoms with Crippen molar-refractivity contribution in [2.24, 2.45) is 4.99 Å². The number of aromatic nitrogens is 1. The van der Waals surface area contributed by atoms with Crippen molar-refractivity contribution in [2.45, 2.75) is 18.7 Å². The number of aromatic amines is 1. The lowest BCUT2D eigenvalue weighted by Crippen LogP contribution is -2.05. The largest absolute Gasteiger partial charge is 0.379 e. The normalized spacial score (nSPS) is 11.7. The van der Waals surface area contributed by atoms with Crippen LogP contribution in [0.2, 0.25) is 0 Å². The highest BCUT2D eigenvalue weighted by molar-refractivity contribution is 7.98. The molecule has 1 aromatic heterocycles. The Hall–Kier alpha value is -2.46. The van der Waals surface area contributed by atoms with Crippen LogP contribution in [0.15, 0.2) is 70.7 Å². The molecule has 0 amide bonds. The van der Waals surface area contributed by atoms with Gasteiger partial charge in [-0.05, 0) is 62.1 Å². The van der Waals surface area contributed by atoms with Crippen LogP contribution in [0.5, 0.6) is 0 Å². The number of hydrogen-bond acceptors (Lipinski definition) is 3. The lowest BCUT2D eigenvalue weighted by atomic mass is 10.1. The average Bonchev–Trinajstić information content (AvgIpc) is 3.06. The van der Waals surface area contributed by atoms with Crippen LogP contribution >= 0.6 is 11.8 Å². The quantitative estimate of drug-likeness (QED) is 0.447. The molecule has 2 N–H and O–H groups in total. The summed E-state index contributed by atoms with van der Waals surface area (Å²) in [7, 11) is 0. The topological polar surface area (TPSA) is 40.2 Å². The van der Waals surface area contributed by atoms with Gasteiger partial charge in [-0.1, -0.05) is 18.7 Å². The molecule has 3 aromatic rings. The fourth-order valence-corrected chi connectivity index (χ4v) is 3.16. The lowest BCUT2D eigenvalue weighted by Gasteiger charge is -2.07. The van der Waals surface area contributed by atoms with Crippen LogP contribution in [0.1, 0.15) is 18.2 Å². The molecule has 2 aromatic carbocycles. The highest BCUT2D eigenvalue weighted by Crippen LogP contribution is 2.20. The highest BCUT2D eigenvalue weighted by Gasteiger charge is 2.06. The van der Waals surface area contributed by atoms with Crippen molar-refractivity contribution >= 4 is 34.1 Å². The Morgan fingerprint density at radius 2 is 1.96 bits per heavy atom. The van der Waals surface area contributed by atoms with Crippen molar-refractivity contribution < 1.29 is 0 Å². The molecule has 0 aliphatic carbocycles. The first-order chi connectivity index (χ1) is 12.1. The molecule has 0 bridgehead atoms. The molecule has 0 aliphatic rings. The molecule has 0 aliphatic heterocycles. The van der Waals surface area contributed by atoms with Crippen molar-refractivity contribution in [3.05, 3.63) is 72.1 Å². The van der Waals surface area contributed by atoms with Gasteiger partial charge < -0.3 is 10.3 Å². The van der Waals surface area contributed by atoms with Crippen molar-refractivity contribution in [1.29, 1.82) is 0 Å². The fraction of sp³-hybridized carbons (Fsp3) is 0.190. The van der Waals surface area contributed by atoms with Gasteiger partial charge in [-0.3, -0.25) is 4.99 Å². The van der Waals surface area contributed by atoms with Gasteiger partial charge in [0.2, 0.25) is 0 Å². The minimum atomic E-state index is 0.620. The van der Waals surface area contributed by atoms with Crippen molar-refractivity contribution in [3.63, 3.8) is 0 Å². The molecule has 3 rings (SSSR count). The molecule has 0 atom stereocenters. The Morgan fingerprint density at radius 3 is 2.64 bits per heavy atom. The highest BCUT2D eigenvalue weighted by atomic mass is 32.2. The maximum Gasteiger partial charge on any atom is 0.0611 e. The van der Waals surface area contributed by atoms with E-state index in [1.807, 2.05) is 6.92 Å². The molecule has 0 fully saturated rings. The van der Waals surface area contributed by atoms with E-state index >= 15 is 0 Å². The summed E-state index contributed by atoms with van der Waals surface area (Å²) in [6.07, 6.45) is 2.08. The third kappa shape index (κ3) is 4.15. The molecular formula is C21H23N3S. The van der Waals surface area contributed by atoms with Crippen molar-refractivity contribution in [3.8, 4) is 0 Å². The van der Waals surface area contributed by atoms with E-state index in [-0.39, 0.29) is 0 Å². The number of fused-ring (bicyclic) bond motifs is 1. The van der Waals surface area contributed by atoms with Crippen molar-refractivity contribution in [2.75, 3.05) is 18.1 Å². The van der Waals surface area contributed by atoms with Gasteiger partial charge in [0.1, 0.15) is 0 Å². The number of benzene rings is 2. The zero-order chi connectivity index (χ0) is 17.8. The summed E-state index contributed by atoms with van der Waals surface area (Å²) in [5, 5.41) is 4.60. The van der Waals surface area contributed by atoms with E-state index in [1.54, 1.807) is 11.8 Å². The number of nitrogens with zero attached hydrogens (tertiary/aromatic N) is 1. The predicted molar refractivity (Wildman–Crippen MR) is 111 cm³/mol. The van der Waals surface area contributed by atoms with Gasteiger partial charge in [-0.25, -0.2) is 0 Å². The molecule has 0 unspecified atom stereocenters. The second kappa shape index (κ2) is 7.62. The third-order valence-electron chi connectivity index (χ3n) is 4.18. The fourth-order valence-electron chi connectivity index (χ4n) is 2.75. The van der Waals surface area contributed by atoms with E-state index in [0.717, 1.165) is 28.3 Å². The Morgan fingerprint density at radius 1 is 1.20 bits per heavy atom. The summed E-state index contributed by atoms with van der Waals surface area (Å²) in [4.78, 5) is 9.34.